The molecule has 0 N–H and O–H groups in total. The van der Waals surface area contributed by atoms with Gasteiger partial charge in [-0.1, -0.05) is 0 Å². The van der Waals surface area contributed by atoms with Gasteiger partial charge in [0, 0.05) is 51.9 Å². The Morgan fingerprint density at radius 1 is 1.27 bits per heavy atom. The molecule has 2 aliphatic heterocycles. The minimum absolute atomic E-state index is 0.127. The molecule has 0 bridgehead atoms. The van der Waals surface area contributed by atoms with Gasteiger partial charge in [-0.3, -0.25) is 9.59 Å². The number of hydrogen-bond donors (Lipinski definition) is 0. The van der Waals surface area contributed by atoms with Gasteiger partial charge in [0.1, 0.15) is 5.69 Å². The van der Waals surface area contributed by atoms with Gasteiger partial charge in [0.25, 0.3) is 5.91 Å². The van der Waals surface area contributed by atoms with E-state index in [9.17, 15) is 9.59 Å². The van der Waals surface area contributed by atoms with Gasteiger partial charge in [-0.25, -0.2) is 0 Å². The maximum Gasteiger partial charge on any atom is 0.270 e. The van der Waals surface area contributed by atoms with E-state index in [0.717, 1.165) is 44.6 Å². The molecule has 2 fully saturated rings. The largest absolute Gasteiger partial charge is 0.383 e. The molecule has 0 aliphatic carbocycles. The first kappa shape index (κ1) is 19.0. The van der Waals surface area contributed by atoms with Gasteiger partial charge in [0.15, 0.2) is 0 Å². The number of nitrogens with zero attached hydrogens (tertiary/aromatic N) is 3. The molecule has 0 saturated carbocycles. The molecule has 0 aromatic carbocycles. The van der Waals surface area contributed by atoms with Gasteiger partial charge < -0.3 is 19.1 Å². The third-order valence-corrected chi connectivity index (χ3v) is 5.98. The quantitative estimate of drug-likeness (QED) is 0.810. The number of amides is 2. The van der Waals surface area contributed by atoms with Crippen LogP contribution in [0.3, 0.4) is 0 Å². The Morgan fingerprint density at radius 3 is 2.65 bits per heavy atom. The highest BCUT2D eigenvalue weighted by Gasteiger charge is 2.41. The van der Waals surface area contributed by atoms with Gasteiger partial charge >= 0.3 is 0 Å². The van der Waals surface area contributed by atoms with Crippen molar-refractivity contribution in [2.45, 2.75) is 45.6 Å². The second-order valence-corrected chi connectivity index (χ2v) is 7.99. The molecular formula is C20H31N3O3. The van der Waals surface area contributed by atoms with Crippen LogP contribution in [0.5, 0.6) is 0 Å². The zero-order valence-electron chi connectivity index (χ0n) is 16.2. The highest BCUT2D eigenvalue weighted by Crippen LogP contribution is 2.40. The molecule has 26 heavy (non-hydrogen) atoms. The molecule has 3 heterocycles. The molecule has 2 saturated heterocycles. The summed E-state index contributed by atoms with van der Waals surface area (Å²) in [7, 11) is 1.67. The lowest BCUT2D eigenvalue weighted by molar-refractivity contribution is -0.139. The molecule has 2 aliphatic rings. The third-order valence-electron chi connectivity index (χ3n) is 5.98. The second-order valence-electron chi connectivity index (χ2n) is 7.99. The number of likely N-dealkylation sites (tertiary alicyclic amines) is 2. The Balaban J connectivity index is 1.62. The average Bonchev–Trinajstić information content (AvgIpc) is 3.13. The van der Waals surface area contributed by atoms with Crippen molar-refractivity contribution in [2.75, 3.05) is 39.9 Å². The zero-order chi connectivity index (χ0) is 18.7. The van der Waals surface area contributed by atoms with Crippen molar-refractivity contribution in [1.82, 2.24) is 14.4 Å². The normalized spacial score (nSPS) is 20.2. The predicted molar refractivity (Wildman–Crippen MR) is 100 cm³/mol. The fourth-order valence-electron chi connectivity index (χ4n) is 4.29. The summed E-state index contributed by atoms with van der Waals surface area (Å²) >= 11 is 0. The number of ether oxygens (including phenoxy) is 1. The van der Waals surface area contributed by atoms with Crippen LogP contribution in [0.1, 0.15) is 56.1 Å². The molecule has 0 radical (unpaired) electrons. The zero-order valence-corrected chi connectivity index (χ0v) is 16.2. The Morgan fingerprint density at radius 2 is 2.00 bits per heavy atom. The lowest BCUT2D eigenvalue weighted by Crippen LogP contribution is -2.53. The first-order valence-corrected chi connectivity index (χ1v) is 9.69. The van der Waals surface area contributed by atoms with E-state index in [1.165, 1.54) is 0 Å². The summed E-state index contributed by atoms with van der Waals surface area (Å²) in [5, 5.41) is 0. The third kappa shape index (κ3) is 3.80. The van der Waals surface area contributed by atoms with E-state index < -0.39 is 0 Å². The predicted octanol–water partition coefficient (Wildman–Crippen LogP) is 2.56. The molecule has 1 aromatic rings. The highest BCUT2D eigenvalue weighted by atomic mass is 16.5. The Kier molecular flexibility index (Phi) is 5.70. The fraction of sp³-hybridized carbons (Fsp3) is 0.700. The van der Waals surface area contributed by atoms with Crippen LogP contribution in [0.2, 0.25) is 0 Å². The minimum atomic E-state index is 0.127. The first-order chi connectivity index (χ1) is 12.5. The van der Waals surface area contributed by atoms with E-state index >= 15 is 0 Å². The first-order valence-electron chi connectivity index (χ1n) is 9.69. The smallest absolute Gasteiger partial charge is 0.270 e. The van der Waals surface area contributed by atoms with Gasteiger partial charge in [-0.05, 0) is 50.7 Å². The molecule has 6 nitrogen and oxygen atoms in total. The standard InChI is InChI=1S/C20H31N3O3/c1-16(2)23-10-4-5-17(23)19(25)21-11-8-20(9-12-21)7-6-18(24)22(15-20)13-14-26-3/h4-5,10,16H,6-9,11-15H2,1-3H3. The number of carbonyl (C=O) groups excluding carboxylic acids is 2. The molecule has 144 valence electrons. The molecule has 0 unspecified atom stereocenters. The topological polar surface area (TPSA) is 54.8 Å². The van der Waals surface area contributed by atoms with E-state index in [1.807, 2.05) is 32.7 Å². The average molecular weight is 361 g/mol. The van der Waals surface area contributed by atoms with Crippen LogP contribution in [-0.4, -0.2) is 66.1 Å². The van der Waals surface area contributed by atoms with Gasteiger partial charge in [-0.2, -0.15) is 0 Å². The van der Waals surface area contributed by atoms with Gasteiger partial charge in [-0.15, -0.1) is 0 Å². The summed E-state index contributed by atoms with van der Waals surface area (Å²) < 4.78 is 7.18. The van der Waals surface area contributed by atoms with Crippen LogP contribution in [0.15, 0.2) is 18.3 Å². The van der Waals surface area contributed by atoms with Crippen LogP contribution in [0.4, 0.5) is 0 Å². The van der Waals surface area contributed by atoms with Gasteiger partial charge in [0.05, 0.1) is 6.61 Å². The van der Waals surface area contributed by atoms with Crippen molar-refractivity contribution >= 4 is 11.8 Å². The Bertz CT molecular complexity index is 644. The highest BCUT2D eigenvalue weighted by molar-refractivity contribution is 5.93. The number of hydrogen-bond acceptors (Lipinski definition) is 3. The van der Waals surface area contributed by atoms with E-state index in [-0.39, 0.29) is 23.3 Å². The SMILES string of the molecule is COCCN1CC2(CCC1=O)CCN(C(=O)c1cccn1C(C)C)CC2. The van der Waals surface area contributed by atoms with Crippen molar-refractivity contribution in [1.29, 1.82) is 0 Å². The van der Waals surface area contributed by atoms with Crippen LogP contribution in [-0.2, 0) is 9.53 Å². The van der Waals surface area contributed by atoms with Crippen LogP contribution >= 0.6 is 0 Å². The summed E-state index contributed by atoms with van der Waals surface area (Å²) in [5.41, 5.74) is 0.940. The molecule has 6 heteroatoms. The lowest BCUT2D eigenvalue weighted by atomic mass is 9.72. The molecule has 3 rings (SSSR count). The van der Waals surface area contributed by atoms with E-state index in [0.29, 0.717) is 19.6 Å². The number of rotatable bonds is 5. The molecule has 0 atom stereocenters. The summed E-state index contributed by atoms with van der Waals surface area (Å²) in [6.07, 6.45) is 5.48. The molecule has 2 amide bonds. The van der Waals surface area contributed by atoms with Crippen molar-refractivity contribution in [3.05, 3.63) is 24.0 Å². The van der Waals surface area contributed by atoms with E-state index in [2.05, 4.69) is 13.8 Å². The summed E-state index contributed by atoms with van der Waals surface area (Å²) in [5.74, 6) is 0.364. The molecule has 1 spiro atoms. The van der Waals surface area contributed by atoms with Crippen molar-refractivity contribution in [3.63, 3.8) is 0 Å². The number of piperidine rings is 2. The number of methoxy groups -OCH3 is 1. The Hall–Kier alpha value is -1.82. The van der Waals surface area contributed by atoms with E-state index in [4.69, 9.17) is 4.74 Å². The monoisotopic (exact) mass is 361 g/mol. The van der Waals surface area contributed by atoms with Gasteiger partial charge in [0.2, 0.25) is 5.91 Å². The lowest BCUT2D eigenvalue weighted by Gasteiger charge is -2.47. The van der Waals surface area contributed by atoms with Crippen LogP contribution in [0, 0.1) is 5.41 Å². The summed E-state index contributed by atoms with van der Waals surface area (Å²) in [6.45, 7) is 7.79. The molecule has 1 aromatic heterocycles. The van der Waals surface area contributed by atoms with Crippen molar-refractivity contribution < 1.29 is 14.3 Å². The van der Waals surface area contributed by atoms with E-state index in [1.54, 1.807) is 7.11 Å². The van der Waals surface area contributed by atoms with Crippen LogP contribution in [0.25, 0.3) is 0 Å². The van der Waals surface area contributed by atoms with Crippen LogP contribution < -0.4 is 0 Å². The summed E-state index contributed by atoms with van der Waals surface area (Å²) in [6, 6.07) is 4.14. The van der Waals surface area contributed by atoms with Crippen molar-refractivity contribution in [3.8, 4) is 0 Å². The minimum Gasteiger partial charge on any atom is -0.383 e. The second kappa shape index (κ2) is 7.82. The summed E-state index contributed by atoms with van der Waals surface area (Å²) in [4.78, 5) is 29.0. The fourth-order valence-corrected chi connectivity index (χ4v) is 4.29. The molecular weight excluding hydrogens is 330 g/mol. The maximum absolute atomic E-state index is 12.9. The number of carbonyl (C=O) groups is 2. The Labute approximate surface area is 156 Å². The number of aromatic nitrogens is 1. The maximum atomic E-state index is 12.9. The van der Waals surface area contributed by atoms with Crippen molar-refractivity contribution in [2.24, 2.45) is 5.41 Å².